The number of hydrogen-bond donors (Lipinski definition) is 2. The molecule has 1 aliphatic rings. The smallest absolute Gasteiger partial charge is 0.138 e. The molecule has 0 spiro atoms. The number of nitrogens with zero attached hydrogens (tertiary/aromatic N) is 3. The van der Waals surface area contributed by atoms with Gasteiger partial charge in [-0.2, -0.15) is 5.10 Å². The molecule has 0 amide bonds. The maximum Gasteiger partial charge on any atom is 0.138 e. The Kier molecular flexibility index (Phi) is 5.54. The molecular formula is C15H29N5. The maximum absolute atomic E-state index is 5.80. The number of rotatable bonds is 6. The van der Waals surface area contributed by atoms with Crippen molar-refractivity contribution in [2.24, 2.45) is 23.6 Å². The zero-order valence-corrected chi connectivity index (χ0v) is 13.0. The van der Waals surface area contributed by atoms with Gasteiger partial charge < -0.3 is 0 Å². The van der Waals surface area contributed by atoms with Gasteiger partial charge in [0.1, 0.15) is 12.2 Å². The van der Waals surface area contributed by atoms with Crippen molar-refractivity contribution < 1.29 is 0 Å². The largest absolute Gasteiger partial charge is 0.271 e. The third-order valence-corrected chi connectivity index (χ3v) is 4.94. The Labute approximate surface area is 122 Å². The van der Waals surface area contributed by atoms with E-state index < -0.39 is 0 Å². The van der Waals surface area contributed by atoms with Gasteiger partial charge in [-0.25, -0.2) is 4.98 Å². The first-order valence-corrected chi connectivity index (χ1v) is 7.98. The van der Waals surface area contributed by atoms with E-state index in [0.717, 1.165) is 30.6 Å². The fraction of sp³-hybridized carbons (Fsp3) is 0.867. The van der Waals surface area contributed by atoms with Crippen molar-refractivity contribution in [1.29, 1.82) is 0 Å². The highest BCUT2D eigenvalue weighted by Crippen LogP contribution is 2.35. The van der Waals surface area contributed by atoms with Gasteiger partial charge in [0.15, 0.2) is 0 Å². The van der Waals surface area contributed by atoms with Gasteiger partial charge >= 0.3 is 0 Å². The van der Waals surface area contributed by atoms with Gasteiger partial charge in [0.25, 0.3) is 0 Å². The fourth-order valence-corrected chi connectivity index (χ4v) is 3.48. The minimum atomic E-state index is 0.317. The Morgan fingerprint density at radius 2 is 1.95 bits per heavy atom. The Morgan fingerprint density at radius 1 is 1.30 bits per heavy atom. The molecule has 0 aromatic carbocycles. The Morgan fingerprint density at radius 3 is 2.50 bits per heavy atom. The molecule has 0 radical (unpaired) electrons. The van der Waals surface area contributed by atoms with Gasteiger partial charge in [-0.1, -0.05) is 13.8 Å². The summed E-state index contributed by atoms with van der Waals surface area (Å²) < 4.78 is 1.96. The van der Waals surface area contributed by atoms with Gasteiger partial charge in [0.05, 0.1) is 0 Å². The second-order valence-electron chi connectivity index (χ2n) is 6.39. The highest BCUT2D eigenvalue weighted by molar-refractivity contribution is 4.93. The van der Waals surface area contributed by atoms with Crippen LogP contribution < -0.4 is 11.3 Å². The SMILES string of the molecule is CCn1ncnc1CC(NN)C1CCC(C(C)C)CC1. The predicted octanol–water partition coefficient (Wildman–Crippen LogP) is 2.13. The van der Waals surface area contributed by atoms with Crippen molar-refractivity contribution in [1.82, 2.24) is 20.2 Å². The van der Waals surface area contributed by atoms with Crippen molar-refractivity contribution in [2.75, 3.05) is 0 Å². The molecule has 3 N–H and O–H groups in total. The Hall–Kier alpha value is -0.940. The van der Waals surface area contributed by atoms with E-state index in [4.69, 9.17) is 5.84 Å². The summed E-state index contributed by atoms with van der Waals surface area (Å²) in [6, 6.07) is 0.317. The minimum Gasteiger partial charge on any atom is -0.271 e. The highest BCUT2D eigenvalue weighted by atomic mass is 15.3. The summed E-state index contributed by atoms with van der Waals surface area (Å²) >= 11 is 0. The summed E-state index contributed by atoms with van der Waals surface area (Å²) in [5.41, 5.74) is 3.02. The summed E-state index contributed by atoms with van der Waals surface area (Å²) in [4.78, 5) is 4.37. The lowest BCUT2D eigenvalue weighted by molar-refractivity contribution is 0.186. The molecule has 1 atom stereocenters. The van der Waals surface area contributed by atoms with E-state index in [9.17, 15) is 0 Å². The van der Waals surface area contributed by atoms with E-state index in [1.165, 1.54) is 25.7 Å². The van der Waals surface area contributed by atoms with Crippen LogP contribution in [0.5, 0.6) is 0 Å². The average molecular weight is 279 g/mol. The Bertz CT molecular complexity index is 393. The van der Waals surface area contributed by atoms with E-state index in [0.29, 0.717) is 12.0 Å². The summed E-state index contributed by atoms with van der Waals surface area (Å²) in [5, 5.41) is 4.24. The molecule has 1 aromatic heterocycles. The van der Waals surface area contributed by atoms with Gasteiger partial charge in [-0.15, -0.1) is 0 Å². The first kappa shape index (κ1) is 15.4. The molecule has 1 aromatic rings. The molecule has 0 bridgehead atoms. The van der Waals surface area contributed by atoms with Crippen molar-refractivity contribution >= 4 is 0 Å². The summed E-state index contributed by atoms with van der Waals surface area (Å²) in [5.74, 6) is 9.21. The lowest BCUT2D eigenvalue weighted by atomic mass is 9.74. The monoisotopic (exact) mass is 279 g/mol. The van der Waals surface area contributed by atoms with Gasteiger partial charge in [0.2, 0.25) is 0 Å². The van der Waals surface area contributed by atoms with Crippen LogP contribution >= 0.6 is 0 Å². The number of aromatic nitrogens is 3. The number of nitrogens with one attached hydrogen (secondary N) is 1. The van der Waals surface area contributed by atoms with Crippen molar-refractivity contribution in [3.8, 4) is 0 Å². The molecule has 114 valence electrons. The number of aryl methyl sites for hydroxylation is 1. The van der Waals surface area contributed by atoms with Gasteiger partial charge in [-0.3, -0.25) is 16.0 Å². The second kappa shape index (κ2) is 7.18. The van der Waals surface area contributed by atoms with E-state index in [1.807, 2.05) is 4.68 Å². The van der Waals surface area contributed by atoms with Crippen LogP contribution in [0, 0.1) is 17.8 Å². The minimum absolute atomic E-state index is 0.317. The zero-order valence-electron chi connectivity index (χ0n) is 13.0. The lowest BCUT2D eigenvalue weighted by Gasteiger charge is -2.35. The van der Waals surface area contributed by atoms with E-state index in [-0.39, 0.29) is 0 Å². The third-order valence-electron chi connectivity index (χ3n) is 4.94. The van der Waals surface area contributed by atoms with Crippen LogP contribution in [-0.4, -0.2) is 20.8 Å². The first-order valence-electron chi connectivity index (χ1n) is 7.98. The normalized spacial score (nSPS) is 25.1. The molecule has 0 aliphatic heterocycles. The average Bonchev–Trinajstić information content (AvgIpc) is 2.92. The number of hydrogen-bond acceptors (Lipinski definition) is 4. The topological polar surface area (TPSA) is 68.8 Å². The second-order valence-corrected chi connectivity index (χ2v) is 6.39. The van der Waals surface area contributed by atoms with Crippen LogP contribution in [0.15, 0.2) is 6.33 Å². The molecule has 1 fully saturated rings. The molecule has 5 heteroatoms. The van der Waals surface area contributed by atoms with Crippen LogP contribution in [0.4, 0.5) is 0 Å². The number of hydrazine groups is 1. The molecule has 2 rings (SSSR count). The summed E-state index contributed by atoms with van der Waals surface area (Å²) in [7, 11) is 0. The van der Waals surface area contributed by atoms with E-state index in [2.05, 4.69) is 36.3 Å². The molecule has 0 saturated heterocycles. The Balaban J connectivity index is 1.93. The summed E-state index contributed by atoms with van der Waals surface area (Å²) in [6.45, 7) is 7.64. The predicted molar refractivity (Wildman–Crippen MR) is 80.8 cm³/mol. The van der Waals surface area contributed by atoms with E-state index >= 15 is 0 Å². The van der Waals surface area contributed by atoms with Crippen LogP contribution in [-0.2, 0) is 13.0 Å². The van der Waals surface area contributed by atoms with Crippen molar-refractivity contribution in [2.45, 2.75) is 65.5 Å². The lowest BCUT2D eigenvalue weighted by Crippen LogP contribution is -2.44. The molecule has 1 heterocycles. The fourth-order valence-electron chi connectivity index (χ4n) is 3.48. The molecular weight excluding hydrogens is 250 g/mol. The first-order chi connectivity index (χ1) is 9.65. The quantitative estimate of drug-likeness (QED) is 0.618. The van der Waals surface area contributed by atoms with Crippen LogP contribution in [0.2, 0.25) is 0 Å². The highest BCUT2D eigenvalue weighted by Gasteiger charge is 2.29. The van der Waals surface area contributed by atoms with E-state index in [1.54, 1.807) is 6.33 Å². The van der Waals surface area contributed by atoms with Gasteiger partial charge in [-0.05, 0) is 50.4 Å². The summed E-state index contributed by atoms with van der Waals surface area (Å²) in [6.07, 6.45) is 7.74. The standard InChI is InChI=1S/C15H29N5/c1-4-20-15(17-10-18-20)9-14(19-16)13-7-5-12(6-8-13)11(2)3/h10-14,19H,4-9,16H2,1-3H3. The molecule has 1 aliphatic carbocycles. The third kappa shape index (κ3) is 3.58. The van der Waals surface area contributed by atoms with Crippen molar-refractivity contribution in [3.63, 3.8) is 0 Å². The molecule has 1 unspecified atom stereocenters. The van der Waals surface area contributed by atoms with Crippen LogP contribution in [0.1, 0.15) is 52.3 Å². The zero-order chi connectivity index (χ0) is 14.5. The molecule has 5 nitrogen and oxygen atoms in total. The molecule has 20 heavy (non-hydrogen) atoms. The van der Waals surface area contributed by atoms with Crippen LogP contribution in [0.3, 0.4) is 0 Å². The van der Waals surface area contributed by atoms with Crippen molar-refractivity contribution in [3.05, 3.63) is 12.2 Å². The van der Waals surface area contributed by atoms with Gasteiger partial charge in [0, 0.05) is 19.0 Å². The molecule has 1 saturated carbocycles. The van der Waals surface area contributed by atoms with Crippen LogP contribution in [0.25, 0.3) is 0 Å². The maximum atomic E-state index is 5.80. The number of nitrogens with two attached hydrogens (primary N) is 1.